The summed E-state index contributed by atoms with van der Waals surface area (Å²) in [5, 5.41) is 11.5. The average molecular weight is 408 g/mol. The standard InChI is InChI=1S/C17H24N6O4S/c1-13(2)23-16(18-19-20-23)12-27-15-6-4-5-14(11-15)17(24)21-7-9-22(10-8-21)28(3,25)26/h4-6,11,13H,7-10,12H2,1-3H3. The fraction of sp³-hybridized carbons (Fsp3) is 0.529. The molecule has 1 aliphatic heterocycles. The molecule has 1 amide bonds. The molecule has 2 aromatic rings. The number of hydrogen-bond acceptors (Lipinski definition) is 7. The van der Waals surface area contributed by atoms with Gasteiger partial charge in [-0.2, -0.15) is 4.31 Å². The van der Waals surface area contributed by atoms with Gasteiger partial charge in [0.05, 0.1) is 12.3 Å². The number of benzene rings is 1. The highest BCUT2D eigenvalue weighted by molar-refractivity contribution is 7.88. The Morgan fingerprint density at radius 2 is 1.93 bits per heavy atom. The summed E-state index contributed by atoms with van der Waals surface area (Å²) < 4.78 is 32.0. The highest BCUT2D eigenvalue weighted by Crippen LogP contribution is 2.18. The maximum atomic E-state index is 12.8. The lowest BCUT2D eigenvalue weighted by Crippen LogP contribution is -2.50. The van der Waals surface area contributed by atoms with Crippen LogP contribution < -0.4 is 4.74 Å². The van der Waals surface area contributed by atoms with Gasteiger partial charge in [-0.3, -0.25) is 4.79 Å². The summed E-state index contributed by atoms with van der Waals surface area (Å²) in [7, 11) is -3.23. The molecule has 152 valence electrons. The van der Waals surface area contributed by atoms with Crippen molar-refractivity contribution in [1.82, 2.24) is 29.4 Å². The van der Waals surface area contributed by atoms with E-state index >= 15 is 0 Å². The van der Waals surface area contributed by atoms with Gasteiger partial charge in [0.15, 0.2) is 5.82 Å². The van der Waals surface area contributed by atoms with Crippen LogP contribution in [0, 0.1) is 0 Å². The number of carbonyl (C=O) groups is 1. The Morgan fingerprint density at radius 1 is 1.21 bits per heavy atom. The molecule has 0 atom stereocenters. The van der Waals surface area contributed by atoms with Crippen molar-refractivity contribution in [2.75, 3.05) is 32.4 Å². The SMILES string of the molecule is CC(C)n1nnnc1COc1cccc(C(=O)N2CCN(S(C)(=O)=O)CC2)c1. The predicted molar refractivity (Wildman–Crippen MR) is 101 cm³/mol. The Balaban J connectivity index is 1.63. The fourth-order valence-electron chi connectivity index (χ4n) is 2.98. The molecule has 3 rings (SSSR count). The third-order valence-electron chi connectivity index (χ3n) is 4.49. The Bertz CT molecular complexity index is 935. The van der Waals surface area contributed by atoms with Crippen LogP contribution in [-0.2, 0) is 16.6 Å². The van der Waals surface area contributed by atoms with E-state index < -0.39 is 10.0 Å². The first-order chi connectivity index (χ1) is 13.3. The van der Waals surface area contributed by atoms with Crippen molar-refractivity contribution in [1.29, 1.82) is 0 Å². The summed E-state index contributed by atoms with van der Waals surface area (Å²) in [5.74, 6) is 0.994. The van der Waals surface area contributed by atoms with Crippen molar-refractivity contribution in [3.05, 3.63) is 35.7 Å². The summed E-state index contributed by atoms with van der Waals surface area (Å²) in [4.78, 5) is 14.4. The first-order valence-electron chi connectivity index (χ1n) is 8.99. The monoisotopic (exact) mass is 408 g/mol. The van der Waals surface area contributed by atoms with Gasteiger partial charge in [-0.15, -0.1) is 5.10 Å². The molecule has 0 bridgehead atoms. The fourth-order valence-corrected chi connectivity index (χ4v) is 3.81. The van der Waals surface area contributed by atoms with Gasteiger partial charge in [-0.25, -0.2) is 13.1 Å². The molecule has 10 nitrogen and oxygen atoms in total. The van der Waals surface area contributed by atoms with Gasteiger partial charge in [0.25, 0.3) is 5.91 Å². The minimum Gasteiger partial charge on any atom is -0.486 e. The molecule has 28 heavy (non-hydrogen) atoms. The number of carbonyl (C=O) groups excluding carboxylic acids is 1. The molecule has 0 radical (unpaired) electrons. The maximum absolute atomic E-state index is 12.8. The lowest BCUT2D eigenvalue weighted by Gasteiger charge is -2.33. The van der Waals surface area contributed by atoms with Gasteiger partial charge >= 0.3 is 0 Å². The van der Waals surface area contributed by atoms with Crippen LogP contribution in [0.15, 0.2) is 24.3 Å². The van der Waals surface area contributed by atoms with E-state index in [0.29, 0.717) is 43.3 Å². The zero-order valence-corrected chi connectivity index (χ0v) is 17.0. The lowest BCUT2D eigenvalue weighted by molar-refractivity contribution is 0.0697. The van der Waals surface area contributed by atoms with Crippen LogP contribution in [0.4, 0.5) is 0 Å². The van der Waals surface area contributed by atoms with Gasteiger partial charge < -0.3 is 9.64 Å². The lowest BCUT2D eigenvalue weighted by atomic mass is 10.1. The third kappa shape index (κ3) is 4.65. The summed E-state index contributed by atoms with van der Waals surface area (Å²) >= 11 is 0. The number of piperazine rings is 1. The van der Waals surface area contributed by atoms with Crippen molar-refractivity contribution in [2.24, 2.45) is 0 Å². The zero-order valence-electron chi connectivity index (χ0n) is 16.1. The molecule has 0 unspecified atom stereocenters. The van der Waals surface area contributed by atoms with E-state index in [9.17, 15) is 13.2 Å². The predicted octanol–water partition coefficient (Wildman–Crippen LogP) is 0.550. The van der Waals surface area contributed by atoms with E-state index in [-0.39, 0.29) is 18.6 Å². The summed E-state index contributed by atoms with van der Waals surface area (Å²) in [6.45, 7) is 5.47. The summed E-state index contributed by atoms with van der Waals surface area (Å²) in [6.07, 6.45) is 1.18. The third-order valence-corrected chi connectivity index (χ3v) is 5.80. The molecule has 1 saturated heterocycles. The normalized spacial score (nSPS) is 15.8. The van der Waals surface area contributed by atoms with E-state index in [1.807, 2.05) is 13.8 Å². The Morgan fingerprint density at radius 3 is 2.57 bits per heavy atom. The minimum absolute atomic E-state index is 0.118. The maximum Gasteiger partial charge on any atom is 0.254 e. The zero-order chi connectivity index (χ0) is 20.3. The van der Waals surface area contributed by atoms with Gasteiger partial charge in [0.1, 0.15) is 12.4 Å². The number of aromatic nitrogens is 4. The number of tetrazole rings is 1. The molecule has 2 heterocycles. The first-order valence-corrected chi connectivity index (χ1v) is 10.8. The van der Waals surface area contributed by atoms with E-state index in [1.54, 1.807) is 33.8 Å². The molecule has 0 N–H and O–H groups in total. The summed E-state index contributed by atoms with van der Waals surface area (Å²) in [5.41, 5.74) is 0.494. The number of ether oxygens (including phenoxy) is 1. The van der Waals surface area contributed by atoms with Crippen LogP contribution in [0.1, 0.15) is 36.1 Å². The van der Waals surface area contributed by atoms with Crippen molar-refractivity contribution in [2.45, 2.75) is 26.5 Å². The Kier molecular flexibility index (Phi) is 5.94. The number of nitrogens with zero attached hydrogens (tertiary/aromatic N) is 6. The highest BCUT2D eigenvalue weighted by atomic mass is 32.2. The molecule has 0 saturated carbocycles. The van der Waals surface area contributed by atoms with Crippen molar-refractivity contribution >= 4 is 15.9 Å². The highest BCUT2D eigenvalue weighted by Gasteiger charge is 2.26. The molecule has 0 aliphatic carbocycles. The number of hydrogen-bond donors (Lipinski definition) is 0. The minimum atomic E-state index is -3.23. The molecule has 1 aromatic carbocycles. The average Bonchev–Trinajstić information content (AvgIpc) is 3.14. The summed E-state index contributed by atoms with van der Waals surface area (Å²) in [6, 6.07) is 7.03. The molecule has 1 fully saturated rings. The van der Waals surface area contributed by atoms with Crippen LogP contribution in [-0.4, -0.2) is 76.2 Å². The molecular weight excluding hydrogens is 384 g/mol. The van der Waals surface area contributed by atoms with E-state index in [2.05, 4.69) is 15.5 Å². The second kappa shape index (κ2) is 8.23. The molecular formula is C17H24N6O4S. The van der Waals surface area contributed by atoms with Crippen molar-refractivity contribution < 1.29 is 17.9 Å². The van der Waals surface area contributed by atoms with Crippen LogP contribution in [0.5, 0.6) is 5.75 Å². The number of sulfonamides is 1. The molecule has 11 heteroatoms. The smallest absolute Gasteiger partial charge is 0.254 e. The number of rotatable bonds is 6. The second-order valence-corrected chi connectivity index (χ2v) is 8.89. The largest absolute Gasteiger partial charge is 0.486 e. The Labute approximate surface area is 164 Å². The molecule has 1 aromatic heterocycles. The second-order valence-electron chi connectivity index (χ2n) is 6.90. The Hall–Kier alpha value is -2.53. The number of amides is 1. The van der Waals surface area contributed by atoms with E-state index in [0.717, 1.165) is 0 Å². The van der Waals surface area contributed by atoms with E-state index in [1.165, 1.54) is 10.6 Å². The van der Waals surface area contributed by atoms with Crippen LogP contribution in [0.2, 0.25) is 0 Å². The van der Waals surface area contributed by atoms with Crippen LogP contribution >= 0.6 is 0 Å². The van der Waals surface area contributed by atoms with E-state index in [4.69, 9.17) is 4.74 Å². The first kappa shape index (κ1) is 20.2. The van der Waals surface area contributed by atoms with Gasteiger partial charge in [-0.05, 0) is 42.5 Å². The molecule has 1 aliphatic rings. The quantitative estimate of drug-likeness (QED) is 0.686. The van der Waals surface area contributed by atoms with Gasteiger partial charge in [-0.1, -0.05) is 6.07 Å². The van der Waals surface area contributed by atoms with Crippen LogP contribution in [0.25, 0.3) is 0 Å². The topological polar surface area (TPSA) is 111 Å². The van der Waals surface area contributed by atoms with Gasteiger partial charge in [0.2, 0.25) is 10.0 Å². The van der Waals surface area contributed by atoms with Gasteiger partial charge in [0, 0.05) is 31.7 Å². The molecule has 0 spiro atoms. The van der Waals surface area contributed by atoms with Crippen molar-refractivity contribution in [3.8, 4) is 5.75 Å². The van der Waals surface area contributed by atoms with Crippen LogP contribution in [0.3, 0.4) is 0 Å². The van der Waals surface area contributed by atoms with Crippen molar-refractivity contribution in [3.63, 3.8) is 0 Å².